The number of aromatic nitrogens is 1. The Hall–Kier alpha value is -1.89. The van der Waals surface area contributed by atoms with E-state index >= 15 is 0 Å². The molecule has 0 aliphatic carbocycles. The van der Waals surface area contributed by atoms with Crippen LogP contribution in [0.15, 0.2) is 10.6 Å². The summed E-state index contributed by atoms with van der Waals surface area (Å²) in [4.78, 5) is 24.0. The van der Waals surface area contributed by atoms with Crippen LogP contribution in [-0.4, -0.2) is 53.2 Å². The quantitative estimate of drug-likeness (QED) is 0.699. The van der Waals surface area contributed by atoms with E-state index in [-0.39, 0.29) is 17.4 Å². The van der Waals surface area contributed by atoms with Crippen molar-refractivity contribution in [2.75, 3.05) is 26.2 Å². The van der Waals surface area contributed by atoms with Crippen LogP contribution >= 0.6 is 0 Å². The molecule has 1 saturated heterocycles. The molecule has 0 unspecified atom stereocenters. The maximum Gasteiger partial charge on any atom is 0.374 e. The summed E-state index contributed by atoms with van der Waals surface area (Å²) in [6.45, 7) is 2.65. The Labute approximate surface area is 91.0 Å². The molecule has 0 atom stereocenters. The van der Waals surface area contributed by atoms with Gasteiger partial charge in [-0.1, -0.05) is 5.16 Å². The van der Waals surface area contributed by atoms with Crippen LogP contribution in [0.2, 0.25) is 0 Å². The Balaban J connectivity index is 2.10. The van der Waals surface area contributed by atoms with Crippen molar-refractivity contribution in [1.82, 2.24) is 15.4 Å². The van der Waals surface area contributed by atoms with Crippen LogP contribution in [0.25, 0.3) is 0 Å². The molecule has 0 bridgehead atoms. The van der Waals surface area contributed by atoms with E-state index in [2.05, 4.69) is 15.0 Å². The first kappa shape index (κ1) is 10.6. The molecular weight excluding hydrogens is 214 g/mol. The first-order chi connectivity index (χ1) is 7.68. The minimum atomic E-state index is -1.23. The van der Waals surface area contributed by atoms with E-state index in [0.29, 0.717) is 13.1 Å². The number of carboxylic acids is 1. The first-order valence-corrected chi connectivity index (χ1v) is 4.88. The van der Waals surface area contributed by atoms with Gasteiger partial charge in [-0.05, 0) is 0 Å². The molecule has 0 radical (unpaired) electrons. The van der Waals surface area contributed by atoms with Crippen LogP contribution in [0.5, 0.6) is 0 Å². The number of carboxylic acid groups (broad SMARTS) is 1. The summed E-state index contributed by atoms with van der Waals surface area (Å²) >= 11 is 0. The predicted molar refractivity (Wildman–Crippen MR) is 52.2 cm³/mol. The van der Waals surface area contributed by atoms with Crippen molar-refractivity contribution in [3.05, 3.63) is 17.5 Å². The summed E-state index contributed by atoms with van der Waals surface area (Å²) in [6.07, 6.45) is 0. The van der Waals surface area contributed by atoms with Crippen LogP contribution in [0.3, 0.4) is 0 Å². The van der Waals surface area contributed by atoms with Gasteiger partial charge in [0.05, 0.1) is 0 Å². The molecule has 2 rings (SSSR count). The van der Waals surface area contributed by atoms with Gasteiger partial charge in [0.2, 0.25) is 5.76 Å². The van der Waals surface area contributed by atoms with Crippen molar-refractivity contribution in [1.29, 1.82) is 0 Å². The fourth-order valence-corrected chi connectivity index (χ4v) is 1.51. The average molecular weight is 225 g/mol. The number of carbonyl (C=O) groups excluding carboxylic acids is 1. The highest BCUT2D eigenvalue weighted by atomic mass is 16.5. The fourth-order valence-electron chi connectivity index (χ4n) is 1.51. The van der Waals surface area contributed by atoms with Gasteiger partial charge >= 0.3 is 5.97 Å². The zero-order chi connectivity index (χ0) is 11.5. The number of nitrogens with one attached hydrogen (secondary N) is 1. The van der Waals surface area contributed by atoms with Gasteiger partial charge in [-0.2, -0.15) is 0 Å². The van der Waals surface area contributed by atoms with Gasteiger partial charge in [-0.3, -0.25) is 4.79 Å². The molecule has 7 nitrogen and oxygen atoms in total. The lowest BCUT2D eigenvalue weighted by atomic mass is 10.3. The van der Waals surface area contributed by atoms with Crippen molar-refractivity contribution < 1.29 is 19.2 Å². The first-order valence-electron chi connectivity index (χ1n) is 4.88. The number of nitrogens with zero attached hydrogens (tertiary/aromatic N) is 2. The molecule has 1 aromatic heterocycles. The molecule has 1 fully saturated rings. The molecule has 1 amide bonds. The molecule has 2 N–H and O–H groups in total. The Morgan fingerprint density at radius 2 is 2.12 bits per heavy atom. The van der Waals surface area contributed by atoms with E-state index in [4.69, 9.17) is 5.11 Å². The maximum absolute atomic E-state index is 11.8. The summed E-state index contributed by atoms with van der Waals surface area (Å²) in [6, 6.07) is 1.15. The zero-order valence-corrected chi connectivity index (χ0v) is 8.47. The maximum atomic E-state index is 11.8. The molecule has 1 aliphatic rings. The van der Waals surface area contributed by atoms with E-state index in [1.807, 2.05) is 0 Å². The van der Waals surface area contributed by atoms with Crippen molar-refractivity contribution in [3.8, 4) is 0 Å². The highest BCUT2D eigenvalue weighted by Gasteiger charge is 2.22. The van der Waals surface area contributed by atoms with Crippen molar-refractivity contribution in [2.24, 2.45) is 0 Å². The molecule has 0 aromatic carbocycles. The van der Waals surface area contributed by atoms with Crippen LogP contribution in [-0.2, 0) is 0 Å². The van der Waals surface area contributed by atoms with Crippen molar-refractivity contribution in [2.45, 2.75) is 0 Å². The number of hydrogen-bond donors (Lipinski definition) is 2. The summed E-state index contributed by atoms with van der Waals surface area (Å²) in [5.74, 6) is -1.84. The van der Waals surface area contributed by atoms with Crippen molar-refractivity contribution in [3.63, 3.8) is 0 Å². The lowest BCUT2D eigenvalue weighted by Crippen LogP contribution is -2.46. The molecule has 7 heteroatoms. The molecule has 16 heavy (non-hydrogen) atoms. The number of rotatable bonds is 2. The minimum Gasteiger partial charge on any atom is -0.475 e. The topological polar surface area (TPSA) is 95.7 Å². The zero-order valence-electron chi connectivity index (χ0n) is 8.47. The largest absolute Gasteiger partial charge is 0.475 e. The van der Waals surface area contributed by atoms with Gasteiger partial charge in [0.1, 0.15) is 0 Å². The molecule has 1 aliphatic heterocycles. The Bertz CT molecular complexity index is 409. The SMILES string of the molecule is O=C(O)c1cc(C(=O)N2CCNCC2)no1. The highest BCUT2D eigenvalue weighted by Crippen LogP contribution is 2.07. The second-order valence-corrected chi connectivity index (χ2v) is 3.42. The molecular formula is C9H11N3O4. The van der Waals surface area contributed by atoms with E-state index in [1.54, 1.807) is 4.90 Å². The Morgan fingerprint density at radius 3 is 2.69 bits per heavy atom. The smallest absolute Gasteiger partial charge is 0.374 e. The second kappa shape index (κ2) is 4.31. The number of piperazine rings is 1. The van der Waals surface area contributed by atoms with E-state index in [9.17, 15) is 9.59 Å². The summed E-state index contributed by atoms with van der Waals surface area (Å²) in [5, 5.41) is 15.2. The molecule has 0 spiro atoms. The van der Waals surface area contributed by atoms with Gasteiger partial charge in [-0.25, -0.2) is 4.79 Å². The minimum absolute atomic E-state index is 0.0410. The summed E-state index contributed by atoms with van der Waals surface area (Å²) in [5.41, 5.74) is 0.0410. The molecule has 0 saturated carbocycles. The van der Waals surface area contributed by atoms with Crippen LogP contribution in [0.4, 0.5) is 0 Å². The lowest BCUT2D eigenvalue weighted by molar-refractivity contribution is 0.0647. The Kier molecular flexibility index (Phi) is 2.86. The van der Waals surface area contributed by atoms with Gasteiger partial charge in [0.25, 0.3) is 5.91 Å². The number of hydrogen-bond acceptors (Lipinski definition) is 5. The summed E-state index contributed by atoms with van der Waals surface area (Å²) in [7, 11) is 0. The average Bonchev–Trinajstić information content (AvgIpc) is 2.78. The normalized spacial score (nSPS) is 16.1. The third-order valence-electron chi connectivity index (χ3n) is 2.34. The fraction of sp³-hybridized carbons (Fsp3) is 0.444. The highest BCUT2D eigenvalue weighted by molar-refractivity contribution is 5.94. The van der Waals surface area contributed by atoms with Crippen LogP contribution in [0.1, 0.15) is 21.0 Å². The van der Waals surface area contributed by atoms with E-state index in [0.717, 1.165) is 19.2 Å². The Morgan fingerprint density at radius 1 is 1.44 bits per heavy atom. The van der Waals surface area contributed by atoms with Crippen LogP contribution in [0, 0.1) is 0 Å². The van der Waals surface area contributed by atoms with Gasteiger partial charge in [-0.15, -0.1) is 0 Å². The number of amides is 1. The monoisotopic (exact) mass is 225 g/mol. The third-order valence-corrected chi connectivity index (χ3v) is 2.34. The summed E-state index contributed by atoms with van der Waals surface area (Å²) < 4.78 is 4.53. The van der Waals surface area contributed by atoms with E-state index < -0.39 is 5.97 Å². The molecule has 1 aromatic rings. The lowest BCUT2D eigenvalue weighted by Gasteiger charge is -2.26. The number of carbonyl (C=O) groups is 2. The van der Waals surface area contributed by atoms with Crippen molar-refractivity contribution >= 4 is 11.9 Å². The third kappa shape index (κ3) is 2.03. The predicted octanol–water partition coefficient (Wildman–Crippen LogP) is -0.582. The van der Waals surface area contributed by atoms with Gasteiger partial charge in [0, 0.05) is 32.2 Å². The molecule has 2 heterocycles. The second-order valence-electron chi connectivity index (χ2n) is 3.42. The standard InChI is InChI=1S/C9H11N3O4/c13-8(12-3-1-10-2-4-12)6-5-7(9(14)15)16-11-6/h5,10H,1-4H2,(H,14,15). The van der Waals surface area contributed by atoms with Crippen LogP contribution < -0.4 is 5.32 Å². The van der Waals surface area contributed by atoms with Gasteiger partial charge < -0.3 is 19.8 Å². The molecule has 86 valence electrons. The number of aromatic carboxylic acids is 1. The van der Waals surface area contributed by atoms with Gasteiger partial charge in [0.15, 0.2) is 5.69 Å². The van der Waals surface area contributed by atoms with E-state index in [1.165, 1.54) is 0 Å².